The number of aromatic carboxylic acids is 1. The Morgan fingerprint density at radius 3 is 2.81 bits per heavy atom. The molecule has 0 aliphatic heterocycles. The molecule has 0 fully saturated rings. The summed E-state index contributed by atoms with van der Waals surface area (Å²) in [6, 6.07) is 3.94. The Bertz CT molecular complexity index is 514. The van der Waals surface area contributed by atoms with Crippen molar-refractivity contribution in [1.29, 1.82) is 0 Å². The summed E-state index contributed by atoms with van der Waals surface area (Å²) in [6.45, 7) is 1.99. The second kappa shape index (κ2) is 4.27. The molecule has 2 aromatic rings. The van der Waals surface area contributed by atoms with E-state index in [9.17, 15) is 4.79 Å². The second-order valence-electron chi connectivity index (χ2n) is 3.29. The molecular weight excluding hydrogens is 242 g/mol. The maximum atomic E-state index is 11.0. The molecule has 2 heterocycles. The monoisotopic (exact) mass is 253 g/mol. The highest BCUT2D eigenvalue weighted by Gasteiger charge is 2.20. The van der Waals surface area contributed by atoms with Crippen LogP contribution in [-0.4, -0.2) is 11.1 Å². The van der Waals surface area contributed by atoms with Crippen LogP contribution in [0.15, 0.2) is 17.5 Å². The second-order valence-corrected chi connectivity index (χ2v) is 5.26. The average molecular weight is 253 g/mol. The molecule has 3 nitrogen and oxygen atoms in total. The smallest absolute Gasteiger partial charge is 0.348 e. The highest BCUT2D eigenvalue weighted by molar-refractivity contribution is 7.22. The van der Waals surface area contributed by atoms with Gasteiger partial charge in [0.1, 0.15) is 4.88 Å². The fourth-order valence-electron chi connectivity index (χ4n) is 1.59. The van der Waals surface area contributed by atoms with E-state index in [1.54, 1.807) is 11.3 Å². The van der Waals surface area contributed by atoms with Crippen molar-refractivity contribution in [3.05, 3.63) is 28.0 Å². The zero-order valence-electron chi connectivity index (χ0n) is 8.69. The highest BCUT2D eigenvalue weighted by Crippen LogP contribution is 2.40. The van der Waals surface area contributed by atoms with Crippen molar-refractivity contribution in [2.75, 3.05) is 5.73 Å². The Balaban J connectivity index is 2.62. The van der Waals surface area contributed by atoms with E-state index in [4.69, 9.17) is 10.8 Å². The third kappa shape index (κ3) is 1.72. The summed E-state index contributed by atoms with van der Waals surface area (Å²) in [7, 11) is 0. The first-order valence-corrected chi connectivity index (χ1v) is 6.53. The lowest BCUT2D eigenvalue weighted by molar-refractivity contribution is 0.0703. The van der Waals surface area contributed by atoms with E-state index in [1.165, 1.54) is 11.3 Å². The van der Waals surface area contributed by atoms with E-state index < -0.39 is 5.97 Å². The first kappa shape index (κ1) is 11.2. The topological polar surface area (TPSA) is 63.3 Å². The molecule has 0 unspecified atom stereocenters. The van der Waals surface area contributed by atoms with Crippen molar-refractivity contribution in [2.24, 2.45) is 0 Å². The van der Waals surface area contributed by atoms with Crippen LogP contribution in [0.2, 0.25) is 0 Å². The molecule has 0 aliphatic carbocycles. The molecule has 0 radical (unpaired) electrons. The van der Waals surface area contributed by atoms with Gasteiger partial charge in [0.2, 0.25) is 0 Å². The molecule has 16 heavy (non-hydrogen) atoms. The molecule has 0 aliphatic rings. The van der Waals surface area contributed by atoms with Gasteiger partial charge in [-0.05, 0) is 23.4 Å². The molecule has 2 aromatic heterocycles. The SMILES string of the molecule is CCc1c(-c2cccs2)sc(C(=O)O)c1N. The fraction of sp³-hybridized carbons (Fsp3) is 0.182. The average Bonchev–Trinajstić information content (AvgIpc) is 2.83. The quantitative estimate of drug-likeness (QED) is 0.882. The lowest BCUT2D eigenvalue weighted by atomic mass is 10.1. The largest absolute Gasteiger partial charge is 0.477 e. The minimum Gasteiger partial charge on any atom is -0.477 e. The van der Waals surface area contributed by atoms with Crippen molar-refractivity contribution in [2.45, 2.75) is 13.3 Å². The van der Waals surface area contributed by atoms with E-state index in [1.807, 2.05) is 24.4 Å². The standard InChI is InChI=1S/C11H11NO2S2/c1-2-6-8(12)10(11(13)14)16-9(6)7-4-3-5-15-7/h3-5H,2,12H2,1H3,(H,13,14). The van der Waals surface area contributed by atoms with Gasteiger partial charge in [-0.3, -0.25) is 0 Å². The van der Waals surface area contributed by atoms with Gasteiger partial charge in [0.25, 0.3) is 0 Å². The Kier molecular flexibility index (Phi) is 2.98. The Morgan fingerprint density at radius 1 is 1.56 bits per heavy atom. The van der Waals surface area contributed by atoms with Gasteiger partial charge >= 0.3 is 5.97 Å². The molecule has 0 bridgehead atoms. The van der Waals surface area contributed by atoms with Crippen LogP contribution < -0.4 is 5.73 Å². The number of rotatable bonds is 3. The van der Waals surface area contributed by atoms with Gasteiger partial charge in [0.05, 0.1) is 10.6 Å². The van der Waals surface area contributed by atoms with Gasteiger partial charge in [0.15, 0.2) is 0 Å². The van der Waals surface area contributed by atoms with Crippen molar-refractivity contribution in [3.8, 4) is 9.75 Å². The summed E-state index contributed by atoms with van der Waals surface area (Å²) < 4.78 is 0. The molecule has 5 heteroatoms. The van der Waals surface area contributed by atoms with E-state index in [0.29, 0.717) is 5.69 Å². The van der Waals surface area contributed by atoms with Crippen LogP contribution in [0.25, 0.3) is 9.75 Å². The van der Waals surface area contributed by atoms with Crippen molar-refractivity contribution in [3.63, 3.8) is 0 Å². The van der Waals surface area contributed by atoms with E-state index >= 15 is 0 Å². The predicted octanol–water partition coefficient (Wildman–Crippen LogP) is 3.32. The van der Waals surface area contributed by atoms with Crippen LogP contribution >= 0.6 is 22.7 Å². The summed E-state index contributed by atoms with van der Waals surface area (Å²) in [6.07, 6.45) is 0.753. The Morgan fingerprint density at radius 2 is 2.31 bits per heavy atom. The first-order valence-electron chi connectivity index (χ1n) is 4.83. The number of thiophene rings is 2. The highest BCUT2D eigenvalue weighted by atomic mass is 32.1. The van der Waals surface area contributed by atoms with Crippen LogP contribution in [0.4, 0.5) is 5.69 Å². The molecule has 3 N–H and O–H groups in total. The zero-order valence-corrected chi connectivity index (χ0v) is 10.3. The Hall–Kier alpha value is -1.33. The lowest BCUT2D eigenvalue weighted by Crippen LogP contribution is -1.99. The van der Waals surface area contributed by atoms with Gasteiger partial charge in [-0.25, -0.2) is 4.79 Å². The molecule has 0 saturated carbocycles. The van der Waals surface area contributed by atoms with Gasteiger partial charge in [-0.15, -0.1) is 22.7 Å². The minimum atomic E-state index is -0.944. The summed E-state index contributed by atoms with van der Waals surface area (Å²) >= 11 is 2.86. The number of nitrogen functional groups attached to an aromatic ring is 1. The number of carbonyl (C=O) groups is 1. The number of anilines is 1. The number of hydrogen-bond donors (Lipinski definition) is 2. The molecule has 84 valence electrons. The van der Waals surface area contributed by atoms with Gasteiger partial charge < -0.3 is 10.8 Å². The Labute approximate surface area is 101 Å². The molecule has 0 amide bonds. The van der Waals surface area contributed by atoms with Gasteiger partial charge in [-0.1, -0.05) is 13.0 Å². The predicted molar refractivity (Wildman–Crippen MR) is 68.4 cm³/mol. The molecule has 2 rings (SSSR count). The number of carboxylic acids is 1. The number of carboxylic acid groups (broad SMARTS) is 1. The maximum absolute atomic E-state index is 11.0. The minimum absolute atomic E-state index is 0.250. The van der Waals surface area contributed by atoms with Crippen LogP contribution in [0.5, 0.6) is 0 Å². The van der Waals surface area contributed by atoms with Crippen molar-refractivity contribution >= 4 is 34.3 Å². The summed E-state index contributed by atoms with van der Waals surface area (Å²) in [4.78, 5) is 13.3. The van der Waals surface area contributed by atoms with Crippen LogP contribution in [0.1, 0.15) is 22.2 Å². The van der Waals surface area contributed by atoms with Gasteiger partial charge in [0, 0.05) is 4.88 Å². The number of nitrogens with two attached hydrogens (primary N) is 1. The normalized spacial score (nSPS) is 10.6. The summed E-state index contributed by atoms with van der Waals surface area (Å²) in [5.41, 5.74) is 7.22. The maximum Gasteiger partial charge on any atom is 0.348 e. The van der Waals surface area contributed by atoms with E-state index in [2.05, 4.69) is 0 Å². The van der Waals surface area contributed by atoms with Crippen LogP contribution in [0.3, 0.4) is 0 Å². The third-order valence-electron chi connectivity index (χ3n) is 2.34. The van der Waals surface area contributed by atoms with Crippen molar-refractivity contribution in [1.82, 2.24) is 0 Å². The van der Waals surface area contributed by atoms with Crippen molar-refractivity contribution < 1.29 is 9.90 Å². The molecule has 0 atom stereocenters. The van der Waals surface area contributed by atoms with Crippen LogP contribution in [-0.2, 0) is 6.42 Å². The zero-order chi connectivity index (χ0) is 11.7. The third-order valence-corrected chi connectivity index (χ3v) is 4.63. The molecular formula is C11H11NO2S2. The first-order chi connectivity index (χ1) is 7.65. The molecule has 0 saturated heterocycles. The fourth-order valence-corrected chi connectivity index (χ4v) is 3.63. The lowest BCUT2D eigenvalue weighted by Gasteiger charge is -1.98. The van der Waals surface area contributed by atoms with E-state index in [0.717, 1.165) is 21.7 Å². The molecule has 0 spiro atoms. The number of hydrogen-bond acceptors (Lipinski definition) is 4. The van der Waals surface area contributed by atoms with Gasteiger partial charge in [-0.2, -0.15) is 0 Å². The summed E-state index contributed by atoms with van der Waals surface area (Å²) in [5, 5.41) is 11.0. The van der Waals surface area contributed by atoms with E-state index in [-0.39, 0.29) is 4.88 Å². The van der Waals surface area contributed by atoms with Crippen LogP contribution in [0, 0.1) is 0 Å². The molecule has 0 aromatic carbocycles. The summed E-state index contributed by atoms with van der Waals surface area (Å²) in [5.74, 6) is -0.944.